The fourth-order valence-electron chi connectivity index (χ4n) is 4.96. The number of carbonyl (C=O) groups excluding carboxylic acids is 4. The Kier molecular flexibility index (Phi) is 8.41. The zero-order valence-electron chi connectivity index (χ0n) is 20.5. The SMILES string of the molecule is CC(C(=O)NC1CCCCC1)N(Cc1cccc(Cl)c1)C(=O)CCCN1C(=O)c2ccccc2C1=O. The third kappa shape index (κ3) is 5.95. The lowest BCUT2D eigenvalue weighted by molar-refractivity contribution is -0.141. The van der Waals surface area contributed by atoms with Gasteiger partial charge in [-0.2, -0.15) is 0 Å². The zero-order chi connectivity index (χ0) is 25.7. The van der Waals surface area contributed by atoms with Crippen LogP contribution in [0, 0.1) is 0 Å². The van der Waals surface area contributed by atoms with Crippen LogP contribution < -0.4 is 5.32 Å². The summed E-state index contributed by atoms with van der Waals surface area (Å²) in [7, 11) is 0. The van der Waals surface area contributed by atoms with E-state index in [1.807, 2.05) is 12.1 Å². The second-order valence-corrected chi connectivity index (χ2v) is 10.0. The summed E-state index contributed by atoms with van der Waals surface area (Å²) < 4.78 is 0. The molecule has 0 spiro atoms. The Bertz CT molecular complexity index is 1110. The number of halogens is 1. The molecule has 2 aromatic carbocycles. The molecule has 1 atom stereocenters. The highest BCUT2D eigenvalue weighted by Crippen LogP contribution is 2.23. The van der Waals surface area contributed by atoms with Crippen LogP contribution in [-0.4, -0.2) is 52.1 Å². The lowest BCUT2D eigenvalue weighted by atomic mass is 9.95. The number of nitrogens with zero attached hydrogens (tertiary/aromatic N) is 2. The smallest absolute Gasteiger partial charge is 0.261 e. The molecule has 7 nitrogen and oxygen atoms in total. The van der Waals surface area contributed by atoms with Gasteiger partial charge in [-0.1, -0.05) is 55.1 Å². The normalized spacial score (nSPS) is 16.6. The van der Waals surface area contributed by atoms with Crippen LogP contribution in [-0.2, 0) is 16.1 Å². The minimum absolute atomic E-state index is 0.106. The molecule has 8 heteroatoms. The summed E-state index contributed by atoms with van der Waals surface area (Å²) in [6.45, 7) is 2.13. The number of nitrogens with one attached hydrogen (secondary N) is 1. The van der Waals surface area contributed by atoms with Gasteiger partial charge in [-0.15, -0.1) is 0 Å². The molecule has 36 heavy (non-hydrogen) atoms. The maximum absolute atomic E-state index is 13.4. The van der Waals surface area contributed by atoms with Gasteiger partial charge in [0.2, 0.25) is 11.8 Å². The Morgan fingerprint density at radius 1 is 1.03 bits per heavy atom. The second kappa shape index (κ2) is 11.7. The van der Waals surface area contributed by atoms with Crippen LogP contribution >= 0.6 is 11.6 Å². The fourth-order valence-corrected chi connectivity index (χ4v) is 5.17. The quantitative estimate of drug-likeness (QED) is 0.501. The highest BCUT2D eigenvalue weighted by Gasteiger charge is 2.35. The molecule has 2 aliphatic rings. The molecule has 4 amide bonds. The van der Waals surface area contributed by atoms with Crippen LogP contribution in [0.15, 0.2) is 48.5 Å². The van der Waals surface area contributed by atoms with E-state index >= 15 is 0 Å². The Morgan fingerprint density at radius 3 is 2.33 bits per heavy atom. The molecule has 2 aromatic rings. The van der Waals surface area contributed by atoms with Crippen molar-refractivity contribution in [1.82, 2.24) is 15.1 Å². The van der Waals surface area contributed by atoms with E-state index in [2.05, 4.69) is 5.32 Å². The van der Waals surface area contributed by atoms with Crippen molar-refractivity contribution in [1.29, 1.82) is 0 Å². The summed E-state index contributed by atoms with van der Waals surface area (Å²) in [5.41, 5.74) is 1.61. The van der Waals surface area contributed by atoms with E-state index < -0.39 is 6.04 Å². The van der Waals surface area contributed by atoms with Gasteiger partial charge in [-0.05, 0) is 56.0 Å². The van der Waals surface area contributed by atoms with Crippen molar-refractivity contribution in [3.05, 3.63) is 70.2 Å². The van der Waals surface area contributed by atoms with Crippen molar-refractivity contribution in [2.24, 2.45) is 0 Å². The van der Waals surface area contributed by atoms with Gasteiger partial charge >= 0.3 is 0 Å². The van der Waals surface area contributed by atoms with Gasteiger partial charge in [0.1, 0.15) is 6.04 Å². The molecule has 1 N–H and O–H groups in total. The molecule has 0 radical (unpaired) electrons. The molecule has 1 heterocycles. The third-order valence-electron chi connectivity index (χ3n) is 7.01. The van der Waals surface area contributed by atoms with Gasteiger partial charge in [0, 0.05) is 30.6 Å². The molecule has 4 rings (SSSR count). The number of amides is 4. The topological polar surface area (TPSA) is 86.8 Å². The minimum Gasteiger partial charge on any atom is -0.352 e. The number of hydrogen-bond acceptors (Lipinski definition) is 4. The number of hydrogen-bond donors (Lipinski definition) is 1. The maximum Gasteiger partial charge on any atom is 0.261 e. The van der Waals surface area contributed by atoms with Crippen molar-refractivity contribution in [3.8, 4) is 0 Å². The van der Waals surface area contributed by atoms with Crippen LogP contribution in [0.5, 0.6) is 0 Å². The minimum atomic E-state index is -0.669. The summed E-state index contributed by atoms with van der Waals surface area (Å²) in [5.74, 6) is -1.05. The summed E-state index contributed by atoms with van der Waals surface area (Å²) in [4.78, 5) is 54.4. The summed E-state index contributed by atoms with van der Waals surface area (Å²) >= 11 is 6.15. The molecule has 1 aliphatic carbocycles. The van der Waals surface area contributed by atoms with Crippen molar-refractivity contribution in [2.45, 2.75) is 70.5 Å². The molecule has 190 valence electrons. The first-order valence-electron chi connectivity index (χ1n) is 12.6. The molecule has 0 bridgehead atoms. The van der Waals surface area contributed by atoms with E-state index in [0.29, 0.717) is 22.6 Å². The molecule has 1 fully saturated rings. The number of benzene rings is 2. The number of carbonyl (C=O) groups is 4. The highest BCUT2D eigenvalue weighted by atomic mass is 35.5. The van der Waals surface area contributed by atoms with Gasteiger partial charge < -0.3 is 10.2 Å². The first-order chi connectivity index (χ1) is 17.3. The van der Waals surface area contributed by atoms with Crippen LogP contribution in [0.3, 0.4) is 0 Å². The average Bonchev–Trinajstić information content (AvgIpc) is 3.12. The Hall–Kier alpha value is -3.19. The van der Waals surface area contributed by atoms with Crippen LogP contribution in [0.2, 0.25) is 5.02 Å². The number of rotatable bonds is 9. The Morgan fingerprint density at radius 2 is 1.69 bits per heavy atom. The largest absolute Gasteiger partial charge is 0.352 e. The van der Waals surface area contributed by atoms with Crippen LogP contribution in [0.25, 0.3) is 0 Å². The van der Waals surface area contributed by atoms with E-state index in [0.717, 1.165) is 31.2 Å². The fraction of sp³-hybridized carbons (Fsp3) is 0.429. The lowest BCUT2D eigenvalue weighted by Gasteiger charge is -2.31. The highest BCUT2D eigenvalue weighted by molar-refractivity contribution is 6.30. The molecule has 1 saturated carbocycles. The van der Waals surface area contributed by atoms with Gasteiger partial charge in [0.25, 0.3) is 11.8 Å². The predicted octanol–water partition coefficient (Wildman–Crippen LogP) is 4.58. The van der Waals surface area contributed by atoms with Gasteiger partial charge in [-0.25, -0.2) is 0 Å². The van der Waals surface area contributed by atoms with Crippen LogP contribution in [0.4, 0.5) is 0 Å². The van der Waals surface area contributed by atoms with Crippen LogP contribution in [0.1, 0.15) is 78.1 Å². The zero-order valence-corrected chi connectivity index (χ0v) is 21.3. The number of imide groups is 1. The maximum atomic E-state index is 13.4. The molecule has 0 saturated heterocycles. The van der Waals surface area contributed by atoms with Gasteiger partial charge in [0.05, 0.1) is 11.1 Å². The molecule has 0 aromatic heterocycles. The number of fused-ring (bicyclic) bond motifs is 1. The first-order valence-corrected chi connectivity index (χ1v) is 13.0. The van der Waals surface area contributed by atoms with Crippen molar-refractivity contribution >= 4 is 35.2 Å². The predicted molar refractivity (Wildman–Crippen MR) is 138 cm³/mol. The van der Waals surface area contributed by atoms with E-state index in [4.69, 9.17) is 11.6 Å². The molecular weight excluding hydrogens is 478 g/mol. The molecule has 1 aliphatic heterocycles. The van der Waals surface area contributed by atoms with E-state index in [1.54, 1.807) is 48.2 Å². The monoisotopic (exact) mass is 509 g/mol. The summed E-state index contributed by atoms with van der Waals surface area (Å²) in [6.07, 6.45) is 5.73. The average molecular weight is 510 g/mol. The van der Waals surface area contributed by atoms with E-state index in [-0.39, 0.29) is 49.2 Å². The first kappa shape index (κ1) is 25.9. The molecule has 1 unspecified atom stereocenters. The third-order valence-corrected chi connectivity index (χ3v) is 7.25. The Balaban J connectivity index is 1.41. The summed E-state index contributed by atoms with van der Waals surface area (Å²) in [5, 5.41) is 3.68. The summed E-state index contributed by atoms with van der Waals surface area (Å²) in [6, 6.07) is 13.4. The van der Waals surface area contributed by atoms with Gasteiger partial charge in [-0.3, -0.25) is 24.1 Å². The lowest BCUT2D eigenvalue weighted by Crippen LogP contribution is -2.50. The van der Waals surface area contributed by atoms with Crippen molar-refractivity contribution in [3.63, 3.8) is 0 Å². The standard InChI is InChI=1S/C28H32ClN3O4/c1-19(26(34)30-22-11-3-2-4-12-22)32(18-20-9-7-10-21(29)17-20)25(33)15-8-16-31-27(35)23-13-5-6-14-24(23)28(31)36/h5-7,9-10,13-14,17,19,22H,2-4,8,11-12,15-16,18H2,1H3,(H,30,34). The van der Waals surface area contributed by atoms with Gasteiger partial charge in [0.15, 0.2) is 0 Å². The van der Waals surface area contributed by atoms with Crippen molar-refractivity contribution in [2.75, 3.05) is 6.54 Å². The Labute approximate surface area is 216 Å². The molecular formula is C28H32ClN3O4. The second-order valence-electron chi connectivity index (χ2n) is 9.58. The van der Waals surface area contributed by atoms with E-state index in [1.165, 1.54) is 11.3 Å². The van der Waals surface area contributed by atoms with E-state index in [9.17, 15) is 19.2 Å². The van der Waals surface area contributed by atoms with Crippen molar-refractivity contribution < 1.29 is 19.2 Å².